The largest absolute Gasteiger partial charge is 0.783 e. The summed E-state index contributed by atoms with van der Waals surface area (Å²) >= 11 is 0. The number of hydrogen-bond donors (Lipinski definition) is 1. The number of hydrogen-bond acceptors (Lipinski definition) is 5. The Labute approximate surface area is 172 Å². The van der Waals surface area contributed by atoms with Crippen LogP contribution in [0, 0.1) is 5.21 Å². The molecule has 31 heavy (non-hydrogen) atoms. The molecule has 1 saturated heterocycles. The summed E-state index contributed by atoms with van der Waals surface area (Å²) in [7, 11) is 0. The standard InChI is InChI=1S/C19H16F6N3O3/c1-10(29)27-8-13-9-28(30)17(31-13)12-5-14(18(20,21)22)16(11-3-2-4-26-7-11)15(6-12)19(23,24)25/h2-7,13,17H,8-9H2,1H3,(H,27,29)/q-1. The first kappa shape index (κ1) is 23.0. The van der Waals surface area contributed by atoms with Gasteiger partial charge in [-0.1, -0.05) is 6.07 Å². The van der Waals surface area contributed by atoms with Gasteiger partial charge in [-0.05, 0) is 23.8 Å². The fraction of sp³-hybridized carbons (Fsp3) is 0.368. The Morgan fingerprint density at radius 3 is 2.32 bits per heavy atom. The molecule has 0 bridgehead atoms. The lowest BCUT2D eigenvalue weighted by Gasteiger charge is -2.30. The van der Waals surface area contributed by atoms with Gasteiger partial charge < -0.3 is 20.3 Å². The Morgan fingerprint density at radius 2 is 1.84 bits per heavy atom. The van der Waals surface area contributed by atoms with Crippen molar-refractivity contribution in [2.45, 2.75) is 31.6 Å². The van der Waals surface area contributed by atoms with Crippen molar-refractivity contribution >= 4 is 5.91 Å². The van der Waals surface area contributed by atoms with E-state index in [1.807, 2.05) is 0 Å². The van der Waals surface area contributed by atoms with Gasteiger partial charge in [0.2, 0.25) is 5.91 Å². The third-order valence-corrected chi connectivity index (χ3v) is 4.55. The first-order valence-electron chi connectivity index (χ1n) is 8.94. The molecule has 168 valence electrons. The van der Waals surface area contributed by atoms with Crippen LogP contribution in [0.2, 0.25) is 0 Å². The van der Waals surface area contributed by atoms with E-state index >= 15 is 0 Å². The van der Waals surface area contributed by atoms with Crippen LogP contribution in [0.5, 0.6) is 0 Å². The molecule has 6 nitrogen and oxygen atoms in total. The summed E-state index contributed by atoms with van der Waals surface area (Å²) in [5, 5.41) is 14.8. The Bertz CT molecular complexity index is 914. The zero-order valence-corrected chi connectivity index (χ0v) is 15.9. The highest BCUT2D eigenvalue weighted by molar-refractivity contribution is 5.73. The van der Waals surface area contributed by atoms with Crippen molar-refractivity contribution in [3.8, 4) is 11.1 Å². The van der Waals surface area contributed by atoms with E-state index in [1.165, 1.54) is 19.2 Å². The maximum Gasteiger partial charge on any atom is 0.417 e. The van der Waals surface area contributed by atoms with Crippen LogP contribution in [-0.2, 0) is 21.9 Å². The molecule has 2 aromatic rings. The van der Waals surface area contributed by atoms with Gasteiger partial charge in [-0.15, -0.1) is 0 Å². The lowest BCUT2D eigenvalue weighted by atomic mass is 9.91. The summed E-state index contributed by atoms with van der Waals surface area (Å²) in [6, 6.07) is 3.26. The third kappa shape index (κ3) is 5.14. The molecule has 0 radical (unpaired) electrons. The number of nitrogens with one attached hydrogen (secondary N) is 1. The van der Waals surface area contributed by atoms with Crippen molar-refractivity contribution in [1.29, 1.82) is 0 Å². The molecule has 2 atom stereocenters. The average Bonchev–Trinajstić information content (AvgIpc) is 3.05. The lowest BCUT2D eigenvalue weighted by molar-refractivity contribution is -0.142. The number of carbonyl (C=O) groups is 1. The number of carbonyl (C=O) groups excluding carboxylic acids is 1. The number of halogens is 6. The normalized spacial score (nSPS) is 20.1. The zero-order valence-electron chi connectivity index (χ0n) is 15.9. The van der Waals surface area contributed by atoms with Crippen LogP contribution in [0.3, 0.4) is 0 Å². The molecule has 2 heterocycles. The molecule has 2 unspecified atom stereocenters. The van der Waals surface area contributed by atoms with Crippen molar-refractivity contribution < 1.29 is 35.9 Å². The van der Waals surface area contributed by atoms with Gasteiger partial charge in [-0.25, -0.2) is 0 Å². The molecule has 12 heteroatoms. The number of alkyl halides is 6. The van der Waals surface area contributed by atoms with Crippen LogP contribution in [-0.4, -0.2) is 35.1 Å². The van der Waals surface area contributed by atoms with Gasteiger partial charge in [0.15, 0.2) is 0 Å². The van der Waals surface area contributed by atoms with E-state index in [1.54, 1.807) is 0 Å². The number of ether oxygens (including phenoxy) is 1. The maximum absolute atomic E-state index is 13.8. The Kier molecular flexibility index (Phi) is 6.25. The van der Waals surface area contributed by atoms with Gasteiger partial charge in [0, 0.05) is 43.5 Å². The van der Waals surface area contributed by atoms with Gasteiger partial charge in [-0.3, -0.25) is 9.78 Å². The third-order valence-electron chi connectivity index (χ3n) is 4.55. The van der Waals surface area contributed by atoms with Crippen molar-refractivity contribution in [2.75, 3.05) is 13.1 Å². The molecular weight excluding hydrogens is 432 g/mol. The molecule has 1 aromatic carbocycles. The molecule has 3 rings (SSSR count). The fourth-order valence-electron chi connectivity index (χ4n) is 3.28. The van der Waals surface area contributed by atoms with Crippen molar-refractivity contribution in [2.24, 2.45) is 0 Å². The summed E-state index contributed by atoms with van der Waals surface area (Å²) in [6.07, 6.45) is -10.8. The first-order chi connectivity index (χ1) is 14.4. The van der Waals surface area contributed by atoms with E-state index in [0.717, 1.165) is 12.3 Å². The number of benzene rings is 1. The molecule has 0 spiro atoms. The van der Waals surface area contributed by atoms with Crippen LogP contribution in [0.15, 0.2) is 36.7 Å². The van der Waals surface area contributed by atoms with Gasteiger partial charge in [-0.2, -0.15) is 26.3 Å². The summed E-state index contributed by atoms with van der Waals surface area (Å²) in [4.78, 5) is 14.6. The van der Waals surface area contributed by atoms with E-state index in [4.69, 9.17) is 4.74 Å². The predicted octanol–water partition coefficient (Wildman–Crippen LogP) is 4.12. The number of nitrogens with zero attached hydrogens (tertiary/aromatic N) is 2. The van der Waals surface area contributed by atoms with E-state index < -0.39 is 52.8 Å². The monoisotopic (exact) mass is 448 g/mol. The van der Waals surface area contributed by atoms with E-state index in [9.17, 15) is 36.3 Å². The molecular formula is C19H16F6N3O3-. The summed E-state index contributed by atoms with van der Waals surface area (Å²) < 4.78 is 88.1. The molecule has 1 aliphatic rings. The van der Waals surface area contributed by atoms with Crippen LogP contribution >= 0.6 is 0 Å². The number of aromatic nitrogens is 1. The summed E-state index contributed by atoms with van der Waals surface area (Å²) in [5.74, 6) is -0.427. The highest BCUT2D eigenvalue weighted by Crippen LogP contribution is 2.46. The van der Waals surface area contributed by atoms with Crippen molar-refractivity contribution in [3.63, 3.8) is 0 Å². The summed E-state index contributed by atoms with van der Waals surface area (Å²) in [6.45, 7) is 0.762. The second-order valence-electron chi connectivity index (χ2n) is 6.88. The van der Waals surface area contributed by atoms with E-state index in [2.05, 4.69) is 10.3 Å². The SMILES string of the molecule is CC(=O)NCC1CN([O-])C(c2cc(C(F)(F)F)c(-c3cccnc3)c(C(F)(F)F)c2)O1. The van der Waals surface area contributed by atoms with Crippen molar-refractivity contribution in [3.05, 3.63) is 58.6 Å². The Morgan fingerprint density at radius 1 is 1.23 bits per heavy atom. The predicted molar refractivity (Wildman–Crippen MR) is 96.0 cm³/mol. The lowest BCUT2D eigenvalue weighted by Crippen LogP contribution is -2.32. The minimum atomic E-state index is -5.15. The molecule has 1 aromatic heterocycles. The quantitative estimate of drug-likeness (QED) is 0.713. The second kappa shape index (κ2) is 8.44. The number of rotatable bonds is 4. The number of hydroxylamine groups is 2. The molecule has 1 amide bonds. The first-order valence-corrected chi connectivity index (χ1v) is 8.94. The van der Waals surface area contributed by atoms with Gasteiger partial charge >= 0.3 is 12.4 Å². The van der Waals surface area contributed by atoms with Crippen molar-refractivity contribution in [1.82, 2.24) is 15.4 Å². The van der Waals surface area contributed by atoms with Crippen LogP contribution in [0.1, 0.15) is 29.8 Å². The molecule has 1 N–H and O–H groups in total. The number of pyridine rings is 1. The van der Waals surface area contributed by atoms with Crippen LogP contribution < -0.4 is 5.32 Å². The highest BCUT2D eigenvalue weighted by Gasteiger charge is 2.43. The maximum atomic E-state index is 13.8. The number of amides is 1. The zero-order chi connectivity index (χ0) is 23.0. The minimum absolute atomic E-state index is 0.114. The smallest absolute Gasteiger partial charge is 0.417 e. The molecule has 0 aliphatic carbocycles. The fourth-order valence-corrected chi connectivity index (χ4v) is 3.28. The topological polar surface area (TPSA) is 77.5 Å². The van der Waals surface area contributed by atoms with Crippen LogP contribution in [0.25, 0.3) is 11.1 Å². The van der Waals surface area contributed by atoms with Crippen LogP contribution in [0.4, 0.5) is 26.3 Å². The Hall–Kier alpha value is -2.70. The van der Waals surface area contributed by atoms with E-state index in [0.29, 0.717) is 12.1 Å². The Balaban J connectivity index is 2.13. The average molecular weight is 448 g/mol. The molecule has 1 aliphatic heterocycles. The van der Waals surface area contributed by atoms with Gasteiger partial charge in [0.05, 0.1) is 17.2 Å². The second-order valence-corrected chi connectivity index (χ2v) is 6.88. The van der Waals surface area contributed by atoms with E-state index in [-0.39, 0.29) is 23.7 Å². The molecule has 0 saturated carbocycles. The summed E-state index contributed by atoms with van der Waals surface area (Å²) in [5.41, 5.74) is -5.17. The highest BCUT2D eigenvalue weighted by atomic mass is 19.4. The van der Waals surface area contributed by atoms with Gasteiger partial charge in [0.25, 0.3) is 0 Å². The minimum Gasteiger partial charge on any atom is -0.783 e. The van der Waals surface area contributed by atoms with Gasteiger partial charge in [0.1, 0.15) is 6.23 Å². The molecule has 1 fully saturated rings.